The fourth-order valence-corrected chi connectivity index (χ4v) is 13.7. The summed E-state index contributed by atoms with van der Waals surface area (Å²) in [6.45, 7) is 2.05. The van der Waals surface area contributed by atoms with E-state index in [1.165, 1.54) is 4.46 Å². The van der Waals surface area contributed by atoms with Crippen LogP contribution in [0.4, 0.5) is 10.5 Å². The van der Waals surface area contributed by atoms with Gasteiger partial charge in [-0.2, -0.15) is 0 Å². The summed E-state index contributed by atoms with van der Waals surface area (Å²) in [6, 6.07) is 19.9. The third kappa shape index (κ3) is 2.27. The molecule has 0 spiro atoms. The molecule has 0 atom stereocenters. The molecule has 2 aromatic rings. The van der Waals surface area contributed by atoms with Crippen molar-refractivity contribution in [2.24, 2.45) is 0 Å². The van der Waals surface area contributed by atoms with Gasteiger partial charge in [0.15, 0.2) is 0 Å². The number of para-hydroxylation sites is 1. The SMILES string of the molecule is CN1C(=O)N(c2ccccc2)P1(C)(Cl)[Se]c1ccccc1. The van der Waals surface area contributed by atoms with Crippen molar-refractivity contribution in [1.29, 1.82) is 0 Å². The van der Waals surface area contributed by atoms with Crippen LogP contribution in [0.5, 0.6) is 0 Å². The van der Waals surface area contributed by atoms with Crippen molar-refractivity contribution in [2.45, 2.75) is 0 Å². The van der Waals surface area contributed by atoms with E-state index in [0.717, 1.165) is 5.69 Å². The zero-order valence-corrected chi connectivity index (χ0v) is 15.2. The Kier molecular flexibility index (Phi) is 3.54. The van der Waals surface area contributed by atoms with Crippen LogP contribution in [-0.4, -0.2) is 38.9 Å². The molecular weight excluding hydrogens is 370 g/mol. The van der Waals surface area contributed by atoms with Crippen LogP contribution >= 0.6 is 16.2 Å². The van der Waals surface area contributed by atoms with E-state index in [-0.39, 0.29) is 20.5 Å². The third-order valence-corrected chi connectivity index (χ3v) is 16.4. The molecule has 0 aliphatic carbocycles. The Balaban J connectivity index is 2.02. The van der Waals surface area contributed by atoms with Gasteiger partial charge in [-0.1, -0.05) is 0 Å². The molecule has 1 saturated heterocycles. The molecule has 0 radical (unpaired) electrons. The fourth-order valence-electron chi connectivity index (χ4n) is 2.38. The maximum atomic E-state index is 12.4. The van der Waals surface area contributed by atoms with Crippen molar-refractivity contribution in [3.05, 3.63) is 60.7 Å². The summed E-state index contributed by atoms with van der Waals surface area (Å²) in [4.78, 5) is 9.47. The van der Waals surface area contributed by atoms with E-state index in [0.29, 0.717) is 0 Å². The minimum atomic E-state index is -2.91. The Bertz CT molecular complexity index is 681. The molecule has 110 valence electrons. The van der Waals surface area contributed by atoms with Gasteiger partial charge in [0.25, 0.3) is 0 Å². The van der Waals surface area contributed by atoms with Crippen LogP contribution < -0.4 is 9.13 Å². The second-order valence-electron chi connectivity index (χ2n) is 5.08. The molecule has 1 aliphatic heterocycles. The Morgan fingerprint density at radius 2 is 1.52 bits per heavy atom. The molecule has 3 rings (SSSR count). The summed E-state index contributed by atoms with van der Waals surface area (Å²) in [6.07, 6.45) is 0. The van der Waals surface area contributed by atoms with Crippen molar-refractivity contribution in [3.63, 3.8) is 0 Å². The van der Waals surface area contributed by atoms with Gasteiger partial charge in [-0.05, 0) is 0 Å². The summed E-state index contributed by atoms with van der Waals surface area (Å²) < 4.78 is 4.79. The zero-order chi connectivity index (χ0) is 15.1. The second kappa shape index (κ2) is 5.00. The van der Waals surface area contributed by atoms with Gasteiger partial charge in [0.05, 0.1) is 0 Å². The van der Waals surface area contributed by atoms with Crippen LogP contribution in [0.1, 0.15) is 0 Å². The number of nitrogens with zero attached hydrogens (tertiary/aromatic N) is 2. The predicted molar refractivity (Wildman–Crippen MR) is 92.6 cm³/mol. The molecule has 0 unspecified atom stereocenters. The first kappa shape index (κ1) is 14.9. The van der Waals surface area contributed by atoms with Gasteiger partial charge in [-0.15, -0.1) is 0 Å². The Morgan fingerprint density at radius 3 is 2.10 bits per heavy atom. The minimum absolute atomic E-state index is 0.00703. The fraction of sp³-hybridized carbons (Fsp3) is 0.133. The average Bonchev–Trinajstić information content (AvgIpc) is 2.48. The molecule has 1 aliphatic rings. The van der Waals surface area contributed by atoms with Crippen molar-refractivity contribution in [3.8, 4) is 0 Å². The Hall–Kier alpha value is -1.05. The van der Waals surface area contributed by atoms with E-state index in [2.05, 4.69) is 18.8 Å². The van der Waals surface area contributed by atoms with E-state index >= 15 is 0 Å². The number of hydrogen-bond acceptors (Lipinski definition) is 1. The predicted octanol–water partition coefficient (Wildman–Crippen LogP) is 3.67. The first-order chi connectivity index (χ1) is 9.92. The number of urea groups is 1. The van der Waals surface area contributed by atoms with Gasteiger partial charge in [0, 0.05) is 0 Å². The van der Waals surface area contributed by atoms with Gasteiger partial charge >= 0.3 is 135 Å². The molecule has 6 heteroatoms. The number of hydrogen-bond donors (Lipinski definition) is 0. The first-order valence-corrected chi connectivity index (χ1v) is 13.1. The van der Waals surface area contributed by atoms with E-state index in [9.17, 15) is 4.79 Å². The molecule has 1 fully saturated rings. The number of anilines is 1. The normalized spacial score (nSPS) is 21.3. The molecular formula is C15H16ClN2OPSe. The monoisotopic (exact) mass is 386 g/mol. The number of carbonyl (C=O) groups is 1. The van der Waals surface area contributed by atoms with Gasteiger partial charge in [0.2, 0.25) is 0 Å². The van der Waals surface area contributed by atoms with E-state index in [1.54, 1.807) is 4.67 Å². The van der Waals surface area contributed by atoms with Gasteiger partial charge in [0.1, 0.15) is 0 Å². The molecule has 0 bridgehead atoms. The maximum absolute atomic E-state index is 12.4. The molecule has 2 amide bonds. The Labute approximate surface area is 135 Å². The number of carbonyl (C=O) groups excluding carboxylic acids is 1. The number of rotatable bonds is 3. The molecule has 0 saturated carbocycles. The van der Waals surface area contributed by atoms with Gasteiger partial charge in [-0.25, -0.2) is 0 Å². The molecule has 3 nitrogen and oxygen atoms in total. The summed E-state index contributed by atoms with van der Waals surface area (Å²) in [5, 5.41) is 0. The van der Waals surface area contributed by atoms with Crippen LogP contribution in [0.3, 0.4) is 0 Å². The van der Waals surface area contributed by atoms with E-state index in [1.807, 2.05) is 60.2 Å². The van der Waals surface area contributed by atoms with Gasteiger partial charge < -0.3 is 0 Å². The third-order valence-electron chi connectivity index (χ3n) is 3.63. The van der Waals surface area contributed by atoms with Gasteiger partial charge in [-0.3, -0.25) is 0 Å². The summed E-state index contributed by atoms with van der Waals surface area (Å²) in [7, 11) is 1.82. The summed E-state index contributed by atoms with van der Waals surface area (Å²) in [5.74, 6) is 0. The summed E-state index contributed by atoms with van der Waals surface area (Å²) >= 11 is 7.13. The number of benzene rings is 2. The Morgan fingerprint density at radius 1 is 1.00 bits per heavy atom. The molecule has 1 heterocycles. The van der Waals surface area contributed by atoms with Crippen LogP contribution in [0.2, 0.25) is 0 Å². The topological polar surface area (TPSA) is 23.6 Å². The van der Waals surface area contributed by atoms with Crippen LogP contribution in [0.25, 0.3) is 0 Å². The summed E-state index contributed by atoms with van der Waals surface area (Å²) in [5.41, 5.74) is 0.883. The molecule has 0 N–H and O–H groups in total. The van der Waals surface area contributed by atoms with E-state index < -0.39 is 4.95 Å². The van der Waals surface area contributed by atoms with Crippen molar-refractivity contribution in [2.75, 3.05) is 18.4 Å². The average molecular weight is 386 g/mol. The van der Waals surface area contributed by atoms with Crippen molar-refractivity contribution in [1.82, 2.24) is 4.67 Å². The first-order valence-electron chi connectivity index (χ1n) is 6.55. The second-order valence-corrected chi connectivity index (χ2v) is 20.1. The quantitative estimate of drug-likeness (QED) is 0.584. The molecule has 0 aromatic heterocycles. The van der Waals surface area contributed by atoms with Crippen LogP contribution in [0, 0.1) is 0 Å². The van der Waals surface area contributed by atoms with Crippen LogP contribution in [0.15, 0.2) is 60.7 Å². The van der Waals surface area contributed by atoms with Crippen LogP contribution in [-0.2, 0) is 0 Å². The zero-order valence-electron chi connectivity index (χ0n) is 11.8. The number of halogens is 1. The number of amides is 2. The standard InChI is InChI=1S/C15H16ClN2OPSe/c1-17-15(19)18(13-9-5-3-6-10-13)20(17,2,16)21-14-11-7-4-8-12-14/h3-12H,1-2H3. The van der Waals surface area contributed by atoms with Crippen molar-refractivity contribution < 1.29 is 4.79 Å². The van der Waals surface area contributed by atoms with E-state index in [4.69, 9.17) is 11.2 Å². The molecule has 2 aromatic carbocycles. The van der Waals surface area contributed by atoms with Crippen molar-refractivity contribution >= 4 is 46.9 Å². The molecule has 21 heavy (non-hydrogen) atoms.